The Morgan fingerprint density at radius 2 is 2.07 bits per heavy atom. The molecule has 148 valence electrons. The van der Waals surface area contributed by atoms with Crippen molar-refractivity contribution in [3.05, 3.63) is 70.3 Å². The van der Waals surface area contributed by atoms with Gasteiger partial charge in [0.05, 0.1) is 17.4 Å². The van der Waals surface area contributed by atoms with E-state index in [0.29, 0.717) is 21.7 Å². The summed E-state index contributed by atoms with van der Waals surface area (Å²) in [5.74, 6) is -0.241. The number of thiophene rings is 1. The third kappa shape index (κ3) is 4.17. The lowest BCUT2D eigenvalue weighted by atomic mass is 9.95. The first-order valence-corrected chi connectivity index (χ1v) is 10.8. The second-order valence-electron chi connectivity index (χ2n) is 6.34. The summed E-state index contributed by atoms with van der Waals surface area (Å²) >= 11 is 1.32. The first kappa shape index (κ1) is 20.3. The molecule has 0 radical (unpaired) electrons. The first-order valence-electron chi connectivity index (χ1n) is 8.39. The van der Waals surface area contributed by atoms with Gasteiger partial charge in [-0.05, 0) is 48.2 Å². The molecule has 0 saturated heterocycles. The van der Waals surface area contributed by atoms with E-state index in [9.17, 15) is 18.3 Å². The van der Waals surface area contributed by atoms with Crippen molar-refractivity contribution in [3.63, 3.8) is 0 Å². The van der Waals surface area contributed by atoms with Crippen molar-refractivity contribution in [2.75, 3.05) is 11.9 Å². The van der Waals surface area contributed by atoms with Gasteiger partial charge in [-0.25, -0.2) is 13.1 Å². The van der Waals surface area contributed by atoms with Gasteiger partial charge in [-0.3, -0.25) is 4.79 Å². The smallest absolute Gasteiger partial charge is 0.240 e. The molecule has 9 heteroatoms. The zero-order chi connectivity index (χ0) is 20.4. The molecule has 0 aliphatic carbocycles. The van der Waals surface area contributed by atoms with E-state index >= 15 is 0 Å². The number of nitrogens with one attached hydrogen (secondary N) is 2. The van der Waals surface area contributed by atoms with Gasteiger partial charge in [0.15, 0.2) is 0 Å². The highest BCUT2D eigenvalue weighted by Crippen LogP contribution is 2.33. The van der Waals surface area contributed by atoms with Crippen molar-refractivity contribution in [1.29, 1.82) is 0 Å². The lowest BCUT2D eigenvalue weighted by Crippen LogP contribution is -2.41. The van der Waals surface area contributed by atoms with E-state index < -0.39 is 15.6 Å². The second-order valence-corrected chi connectivity index (χ2v) is 9.02. The molecule has 1 aromatic carbocycles. The lowest BCUT2D eigenvalue weighted by molar-refractivity contribution is -0.114. The van der Waals surface area contributed by atoms with Gasteiger partial charge in [0.25, 0.3) is 0 Å². The summed E-state index contributed by atoms with van der Waals surface area (Å²) in [6.45, 7) is 2.76. The monoisotopic (exact) mass is 420 g/mol. The number of furan rings is 1. The van der Waals surface area contributed by atoms with Gasteiger partial charge < -0.3 is 14.8 Å². The average molecular weight is 421 g/mol. The van der Waals surface area contributed by atoms with Crippen LogP contribution in [0.15, 0.2) is 63.6 Å². The molecule has 3 aromatic rings. The zero-order valence-corrected chi connectivity index (χ0v) is 16.9. The van der Waals surface area contributed by atoms with E-state index in [1.54, 1.807) is 36.6 Å². The Morgan fingerprint density at radius 1 is 1.29 bits per heavy atom. The van der Waals surface area contributed by atoms with E-state index in [4.69, 9.17) is 4.42 Å². The minimum atomic E-state index is -3.90. The molecule has 1 atom stereocenters. The number of aryl methyl sites for hydroxylation is 1. The van der Waals surface area contributed by atoms with Crippen molar-refractivity contribution in [2.24, 2.45) is 0 Å². The Bertz CT molecular complexity index is 1020. The highest BCUT2D eigenvalue weighted by molar-refractivity contribution is 7.89. The Morgan fingerprint density at radius 3 is 2.64 bits per heavy atom. The molecule has 3 N–H and O–H groups in total. The summed E-state index contributed by atoms with van der Waals surface area (Å²) in [6.07, 6.45) is 2.81. The number of hydrogen-bond donors (Lipinski definition) is 3. The number of anilines is 1. The van der Waals surface area contributed by atoms with Crippen LogP contribution < -0.4 is 10.0 Å². The van der Waals surface area contributed by atoms with E-state index in [1.807, 2.05) is 0 Å². The standard InChI is InChI=1S/C19H20N2O5S2/c1-13-10-16(21-14(2)22)5-6-17(13)28(24,25)20-12-19(23,15-7-8-26-11-15)18-4-3-9-27-18/h3-11,20,23H,12H2,1-2H3,(H,21,22)/t19-/m0/s1. The van der Waals surface area contributed by atoms with Crippen molar-refractivity contribution in [3.8, 4) is 0 Å². The molecule has 1 amide bonds. The Hall–Kier alpha value is -2.46. The molecule has 0 aliphatic heterocycles. The molecule has 0 bridgehead atoms. The predicted octanol–water partition coefficient (Wildman–Crippen LogP) is 2.82. The van der Waals surface area contributed by atoms with E-state index in [0.717, 1.165) is 0 Å². The van der Waals surface area contributed by atoms with Gasteiger partial charge in [-0.15, -0.1) is 11.3 Å². The topological polar surface area (TPSA) is 109 Å². The minimum Gasteiger partial charge on any atom is -0.472 e. The molecule has 0 saturated carbocycles. The molecule has 2 aromatic heterocycles. The number of aliphatic hydroxyl groups is 1. The number of carbonyl (C=O) groups is 1. The maximum atomic E-state index is 12.8. The molecular formula is C19H20N2O5S2. The fourth-order valence-electron chi connectivity index (χ4n) is 2.85. The molecule has 2 heterocycles. The summed E-state index contributed by atoms with van der Waals surface area (Å²) in [7, 11) is -3.90. The van der Waals surface area contributed by atoms with E-state index in [2.05, 4.69) is 10.0 Å². The fourth-order valence-corrected chi connectivity index (χ4v) is 4.98. The molecule has 0 spiro atoms. The third-order valence-electron chi connectivity index (χ3n) is 4.23. The van der Waals surface area contributed by atoms with Crippen LogP contribution in [0.2, 0.25) is 0 Å². The van der Waals surface area contributed by atoms with Crippen LogP contribution in [0, 0.1) is 6.92 Å². The summed E-state index contributed by atoms with van der Waals surface area (Å²) in [5.41, 5.74) is -0.118. The SMILES string of the molecule is CC(=O)Nc1ccc(S(=O)(=O)NC[C@](O)(c2ccoc2)c2cccs2)c(C)c1. The molecule has 7 nitrogen and oxygen atoms in total. The Balaban J connectivity index is 1.87. The van der Waals surface area contributed by atoms with Crippen molar-refractivity contribution >= 4 is 33.0 Å². The number of rotatable bonds is 7. The van der Waals surface area contributed by atoms with Gasteiger partial charge in [0.2, 0.25) is 15.9 Å². The fraction of sp³-hybridized carbons (Fsp3) is 0.211. The van der Waals surface area contributed by atoms with Crippen LogP contribution in [0.5, 0.6) is 0 Å². The van der Waals surface area contributed by atoms with Gasteiger partial charge in [-0.2, -0.15) is 0 Å². The maximum absolute atomic E-state index is 12.8. The highest BCUT2D eigenvalue weighted by atomic mass is 32.2. The number of benzene rings is 1. The van der Waals surface area contributed by atoms with Crippen LogP contribution in [0.25, 0.3) is 0 Å². The van der Waals surface area contributed by atoms with Crippen LogP contribution in [0.1, 0.15) is 22.9 Å². The summed E-state index contributed by atoms with van der Waals surface area (Å²) in [4.78, 5) is 11.8. The number of carbonyl (C=O) groups excluding carboxylic acids is 1. The second kappa shape index (κ2) is 7.88. The molecule has 28 heavy (non-hydrogen) atoms. The number of sulfonamides is 1. The minimum absolute atomic E-state index is 0.0716. The quantitative estimate of drug-likeness (QED) is 0.545. The van der Waals surface area contributed by atoms with Gasteiger partial charge in [0.1, 0.15) is 5.60 Å². The van der Waals surface area contributed by atoms with Crippen LogP contribution in [0.3, 0.4) is 0 Å². The van der Waals surface area contributed by atoms with Crippen molar-refractivity contribution in [2.45, 2.75) is 24.3 Å². The molecular weight excluding hydrogens is 400 g/mol. The predicted molar refractivity (Wildman–Crippen MR) is 107 cm³/mol. The van der Waals surface area contributed by atoms with Crippen LogP contribution in [-0.4, -0.2) is 26.0 Å². The average Bonchev–Trinajstić information content (AvgIpc) is 3.33. The Labute approximate surface area is 167 Å². The zero-order valence-electron chi connectivity index (χ0n) is 15.3. The van der Waals surface area contributed by atoms with Gasteiger partial charge in [0, 0.05) is 29.6 Å². The largest absolute Gasteiger partial charge is 0.472 e. The molecule has 0 aliphatic rings. The number of hydrogen-bond acceptors (Lipinski definition) is 6. The van der Waals surface area contributed by atoms with Crippen molar-refractivity contribution in [1.82, 2.24) is 4.72 Å². The number of amides is 1. The highest BCUT2D eigenvalue weighted by Gasteiger charge is 2.35. The van der Waals surface area contributed by atoms with Crippen LogP contribution in [0.4, 0.5) is 5.69 Å². The van der Waals surface area contributed by atoms with E-state index in [-0.39, 0.29) is 17.3 Å². The van der Waals surface area contributed by atoms with Crippen LogP contribution >= 0.6 is 11.3 Å². The lowest BCUT2D eigenvalue weighted by Gasteiger charge is -2.26. The summed E-state index contributed by atoms with van der Waals surface area (Å²) in [5, 5.41) is 15.7. The van der Waals surface area contributed by atoms with Gasteiger partial charge in [-0.1, -0.05) is 6.07 Å². The van der Waals surface area contributed by atoms with Crippen LogP contribution in [-0.2, 0) is 20.4 Å². The normalized spacial score (nSPS) is 13.8. The maximum Gasteiger partial charge on any atom is 0.240 e. The third-order valence-corrected chi connectivity index (χ3v) is 6.81. The first-order chi connectivity index (χ1) is 13.2. The van der Waals surface area contributed by atoms with E-state index in [1.165, 1.54) is 42.9 Å². The molecule has 0 unspecified atom stereocenters. The summed E-state index contributed by atoms with van der Waals surface area (Å²) in [6, 6.07) is 9.64. The molecule has 0 fully saturated rings. The molecule has 3 rings (SSSR count). The summed E-state index contributed by atoms with van der Waals surface area (Å²) < 4.78 is 33.3. The van der Waals surface area contributed by atoms with Crippen molar-refractivity contribution < 1.29 is 22.7 Å². The van der Waals surface area contributed by atoms with Gasteiger partial charge >= 0.3 is 0 Å². The Kier molecular flexibility index (Phi) is 5.71.